The Hall–Kier alpha value is -1.46. The molecule has 3 aliphatic rings. The van der Waals surface area contributed by atoms with Crippen LogP contribution in [0.3, 0.4) is 0 Å². The second kappa shape index (κ2) is 8.96. The van der Waals surface area contributed by atoms with Gasteiger partial charge < -0.3 is 30.2 Å². The summed E-state index contributed by atoms with van der Waals surface area (Å²) in [6.07, 6.45) is -3.50. The number of aliphatic imine (C=N–C) groups is 1. The van der Waals surface area contributed by atoms with Gasteiger partial charge in [0.05, 0.1) is 28.5 Å². The van der Waals surface area contributed by atoms with Gasteiger partial charge >= 0.3 is 0 Å². The number of benzene rings is 1. The Balaban J connectivity index is 1.51. The van der Waals surface area contributed by atoms with Gasteiger partial charge in [-0.3, -0.25) is 4.90 Å². The van der Waals surface area contributed by atoms with Crippen molar-refractivity contribution in [3.8, 4) is 0 Å². The number of hydrogen-bond donors (Lipinski definition) is 4. The SMILES string of the molecule is CCO/N=C1/N=CNC2C1CCN2[C@@H]1O[C@H]([C@H](O)c2ccc(Cl)c(Cl)c2)[C@@H](O)[C@H]1O. The summed E-state index contributed by atoms with van der Waals surface area (Å²) in [7, 11) is 0. The monoisotopic (exact) mass is 458 g/mol. The zero-order valence-corrected chi connectivity index (χ0v) is 17.7. The smallest absolute Gasteiger partial charge is 0.175 e. The van der Waals surface area contributed by atoms with Gasteiger partial charge in [0.2, 0.25) is 0 Å². The van der Waals surface area contributed by atoms with Gasteiger partial charge in [-0.1, -0.05) is 34.4 Å². The molecule has 0 spiro atoms. The minimum absolute atomic E-state index is 0.0476. The van der Waals surface area contributed by atoms with Gasteiger partial charge in [-0.2, -0.15) is 0 Å². The molecule has 0 radical (unpaired) electrons. The Kier molecular flexibility index (Phi) is 6.50. The first-order chi connectivity index (χ1) is 14.4. The molecule has 4 rings (SSSR count). The van der Waals surface area contributed by atoms with Crippen molar-refractivity contribution in [1.82, 2.24) is 10.2 Å². The summed E-state index contributed by atoms with van der Waals surface area (Å²) in [6.45, 7) is 2.87. The maximum absolute atomic E-state index is 10.8. The zero-order valence-electron chi connectivity index (χ0n) is 16.2. The second-order valence-electron chi connectivity index (χ2n) is 7.46. The van der Waals surface area contributed by atoms with Crippen LogP contribution in [0.4, 0.5) is 0 Å². The molecule has 0 aliphatic carbocycles. The van der Waals surface area contributed by atoms with Crippen LogP contribution in [0.15, 0.2) is 28.3 Å². The molecule has 3 heterocycles. The summed E-state index contributed by atoms with van der Waals surface area (Å²) in [4.78, 5) is 11.3. The van der Waals surface area contributed by atoms with Gasteiger partial charge in [-0.25, -0.2) is 4.99 Å². The second-order valence-corrected chi connectivity index (χ2v) is 8.28. The summed E-state index contributed by atoms with van der Waals surface area (Å²) in [5.41, 5.74) is 0.439. The lowest BCUT2D eigenvalue weighted by Gasteiger charge is -2.35. The van der Waals surface area contributed by atoms with E-state index in [-0.39, 0.29) is 17.1 Å². The van der Waals surface area contributed by atoms with Gasteiger partial charge in [0.25, 0.3) is 0 Å². The van der Waals surface area contributed by atoms with E-state index in [0.717, 1.165) is 6.42 Å². The highest BCUT2D eigenvalue weighted by atomic mass is 35.5. The number of ether oxygens (including phenoxy) is 1. The number of halogens is 2. The molecular formula is C19H24Cl2N4O5. The van der Waals surface area contributed by atoms with Crippen molar-refractivity contribution in [3.05, 3.63) is 33.8 Å². The molecule has 0 saturated carbocycles. The highest BCUT2D eigenvalue weighted by molar-refractivity contribution is 6.42. The lowest BCUT2D eigenvalue weighted by atomic mass is 9.99. The Morgan fingerprint density at radius 3 is 2.87 bits per heavy atom. The van der Waals surface area contributed by atoms with Crippen LogP contribution in [0.2, 0.25) is 10.0 Å². The molecule has 30 heavy (non-hydrogen) atoms. The van der Waals surface area contributed by atoms with E-state index < -0.39 is 30.6 Å². The Bertz CT molecular complexity index is 841. The number of oxime groups is 1. The number of amidine groups is 1. The van der Waals surface area contributed by atoms with Crippen molar-refractivity contribution in [2.24, 2.45) is 16.1 Å². The molecule has 7 atom stereocenters. The number of rotatable bonds is 5. The molecule has 0 aromatic heterocycles. The number of nitrogens with one attached hydrogen (secondary N) is 1. The van der Waals surface area contributed by atoms with Gasteiger partial charge in [-0.05, 0) is 31.0 Å². The van der Waals surface area contributed by atoms with Crippen molar-refractivity contribution in [2.45, 2.75) is 50.2 Å². The molecule has 11 heteroatoms. The van der Waals surface area contributed by atoms with Crippen molar-refractivity contribution in [1.29, 1.82) is 0 Å². The molecule has 3 aliphatic heterocycles. The highest BCUT2D eigenvalue weighted by Crippen LogP contribution is 2.38. The van der Waals surface area contributed by atoms with E-state index in [0.29, 0.717) is 29.6 Å². The van der Waals surface area contributed by atoms with Crippen molar-refractivity contribution >= 4 is 35.4 Å². The molecule has 9 nitrogen and oxygen atoms in total. The van der Waals surface area contributed by atoms with Crippen LogP contribution in [0.25, 0.3) is 0 Å². The molecule has 2 saturated heterocycles. The van der Waals surface area contributed by atoms with Gasteiger partial charge in [0.1, 0.15) is 37.3 Å². The summed E-state index contributed by atoms with van der Waals surface area (Å²) >= 11 is 12.0. The van der Waals surface area contributed by atoms with Gasteiger partial charge in [0.15, 0.2) is 5.84 Å². The average Bonchev–Trinajstić information content (AvgIpc) is 3.30. The quantitative estimate of drug-likeness (QED) is 0.487. The van der Waals surface area contributed by atoms with Gasteiger partial charge in [-0.15, -0.1) is 0 Å². The first kappa shape index (κ1) is 21.8. The maximum atomic E-state index is 10.8. The third-order valence-electron chi connectivity index (χ3n) is 5.70. The molecule has 2 fully saturated rings. The third kappa shape index (κ3) is 3.91. The molecule has 0 amide bonds. The summed E-state index contributed by atoms with van der Waals surface area (Å²) in [5.74, 6) is 0.525. The third-order valence-corrected chi connectivity index (χ3v) is 6.44. The topological polar surface area (TPSA) is 119 Å². The largest absolute Gasteiger partial charge is 0.395 e. The fourth-order valence-corrected chi connectivity index (χ4v) is 4.49. The molecule has 0 bridgehead atoms. The normalized spacial score (nSPS) is 36.0. The Morgan fingerprint density at radius 2 is 2.13 bits per heavy atom. The highest BCUT2D eigenvalue weighted by Gasteiger charge is 2.53. The molecule has 2 unspecified atom stereocenters. The van der Waals surface area contributed by atoms with Crippen LogP contribution in [-0.2, 0) is 9.57 Å². The van der Waals surface area contributed by atoms with Crippen molar-refractivity contribution in [3.63, 3.8) is 0 Å². The Morgan fingerprint density at radius 1 is 1.33 bits per heavy atom. The predicted molar refractivity (Wildman–Crippen MR) is 111 cm³/mol. The summed E-state index contributed by atoms with van der Waals surface area (Å²) in [5, 5.41) is 39.9. The molecule has 1 aromatic rings. The predicted octanol–water partition coefficient (Wildman–Crippen LogP) is 1.10. The van der Waals surface area contributed by atoms with E-state index in [9.17, 15) is 15.3 Å². The first-order valence-electron chi connectivity index (χ1n) is 9.81. The standard InChI is InChI=1S/C19H24Cl2N4O5/c1-2-29-24-17-10-5-6-25(18(10)23-8-22-17)19-15(28)14(27)16(30-19)13(26)9-3-4-11(20)12(21)7-9/h3-4,7-8,10,13-16,18-19,26-28H,2,5-6H2,1H3,(H,22,23,24)/t10?,13-,14+,15-,16-,18?,19-/m1/s1. The average molecular weight is 459 g/mol. The molecular weight excluding hydrogens is 435 g/mol. The minimum atomic E-state index is -1.28. The van der Waals surface area contributed by atoms with Crippen LogP contribution in [-0.4, -0.2) is 76.3 Å². The number of likely N-dealkylation sites (tertiary alicyclic amines) is 1. The lowest BCUT2D eigenvalue weighted by molar-refractivity contribution is -0.122. The van der Waals surface area contributed by atoms with E-state index in [1.165, 1.54) is 12.4 Å². The zero-order chi connectivity index (χ0) is 21.4. The number of hydrogen-bond acceptors (Lipinski definition) is 8. The fraction of sp³-hybridized carbons (Fsp3) is 0.579. The number of fused-ring (bicyclic) bond motifs is 1. The number of aliphatic hydroxyl groups excluding tert-OH is 3. The van der Waals surface area contributed by atoms with Crippen LogP contribution in [0.5, 0.6) is 0 Å². The summed E-state index contributed by atoms with van der Waals surface area (Å²) < 4.78 is 5.97. The van der Waals surface area contributed by atoms with E-state index in [2.05, 4.69) is 15.5 Å². The van der Waals surface area contributed by atoms with Crippen LogP contribution in [0, 0.1) is 5.92 Å². The molecule has 164 valence electrons. The lowest BCUT2D eigenvalue weighted by Crippen LogP contribution is -2.55. The van der Waals surface area contributed by atoms with Crippen LogP contribution in [0.1, 0.15) is 25.0 Å². The molecule has 1 aromatic carbocycles. The van der Waals surface area contributed by atoms with E-state index >= 15 is 0 Å². The number of nitrogens with zero attached hydrogens (tertiary/aromatic N) is 3. The fourth-order valence-electron chi connectivity index (χ4n) is 4.19. The van der Waals surface area contributed by atoms with E-state index in [4.69, 9.17) is 32.8 Å². The van der Waals surface area contributed by atoms with Crippen molar-refractivity contribution < 1.29 is 24.9 Å². The van der Waals surface area contributed by atoms with Crippen molar-refractivity contribution in [2.75, 3.05) is 13.2 Å². The van der Waals surface area contributed by atoms with Crippen LogP contribution < -0.4 is 5.32 Å². The molecule has 4 N–H and O–H groups in total. The van der Waals surface area contributed by atoms with Gasteiger partial charge in [0, 0.05) is 6.54 Å². The van der Waals surface area contributed by atoms with E-state index in [1.54, 1.807) is 12.1 Å². The Labute approximate surface area is 183 Å². The van der Waals surface area contributed by atoms with E-state index in [1.807, 2.05) is 11.8 Å². The minimum Gasteiger partial charge on any atom is -0.395 e. The van der Waals surface area contributed by atoms with Crippen LogP contribution >= 0.6 is 23.2 Å². The summed E-state index contributed by atoms with van der Waals surface area (Å²) in [6, 6.07) is 4.69. The first-order valence-corrected chi connectivity index (χ1v) is 10.6. The number of aliphatic hydroxyl groups is 3. The maximum Gasteiger partial charge on any atom is 0.175 e.